The lowest BCUT2D eigenvalue weighted by atomic mass is 9.93. The number of pyridine rings is 1. The Bertz CT molecular complexity index is 1660. The summed E-state index contributed by atoms with van der Waals surface area (Å²) < 4.78 is 73.0. The van der Waals surface area contributed by atoms with Crippen molar-refractivity contribution in [2.24, 2.45) is 0 Å². The van der Waals surface area contributed by atoms with Crippen LogP contribution in [0.3, 0.4) is 0 Å². The molecule has 0 amide bonds. The van der Waals surface area contributed by atoms with Crippen LogP contribution in [0.4, 0.5) is 4.39 Å². The van der Waals surface area contributed by atoms with Crippen molar-refractivity contribution < 1.29 is 25.8 Å². The van der Waals surface area contributed by atoms with Crippen LogP contribution in [0.5, 0.6) is 0 Å². The zero-order valence-electron chi connectivity index (χ0n) is 17.3. The van der Waals surface area contributed by atoms with Gasteiger partial charge < -0.3 is 4.98 Å². The predicted octanol–water partition coefficient (Wildman–Crippen LogP) is 3.03. The highest BCUT2D eigenvalue weighted by molar-refractivity contribution is 7.88. The highest BCUT2D eigenvalue weighted by Gasteiger charge is 2.20. The number of H-pyrrole nitrogens is 1. The van der Waals surface area contributed by atoms with Crippen molar-refractivity contribution in [3.05, 3.63) is 69.1 Å². The molecule has 0 saturated heterocycles. The first-order valence-electron chi connectivity index (χ1n) is 9.66. The molecule has 12 heteroatoms. The zero-order chi connectivity index (χ0) is 24.0. The lowest BCUT2D eigenvalue weighted by Gasteiger charge is -2.15. The van der Waals surface area contributed by atoms with Crippen molar-refractivity contribution in [3.63, 3.8) is 0 Å². The SMILES string of the molecule is CS(=O)(=O)NCCc1ccc(-c2c(CS(=O)(=O)O)ccc3[nH]c(=O)c4sccc4c23)cc1F. The number of rotatable bonds is 7. The molecule has 4 aromatic rings. The van der Waals surface area contributed by atoms with Crippen LogP contribution in [-0.4, -0.2) is 39.2 Å². The summed E-state index contributed by atoms with van der Waals surface area (Å²) >= 11 is 1.23. The maximum Gasteiger partial charge on any atom is 0.269 e. The number of aromatic amines is 1. The van der Waals surface area contributed by atoms with Crippen LogP contribution in [-0.2, 0) is 32.3 Å². The highest BCUT2D eigenvalue weighted by Crippen LogP contribution is 2.37. The van der Waals surface area contributed by atoms with Crippen LogP contribution in [0.1, 0.15) is 11.1 Å². The van der Waals surface area contributed by atoms with Crippen molar-refractivity contribution in [2.45, 2.75) is 12.2 Å². The third kappa shape index (κ3) is 5.14. The number of fused-ring (bicyclic) bond motifs is 3. The molecular weight excluding hydrogens is 491 g/mol. The van der Waals surface area contributed by atoms with E-state index in [1.54, 1.807) is 23.6 Å². The number of hydrogen-bond donors (Lipinski definition) is 3. The number of sulfonamides is 1. The van der Waals surface area contributed by atoms with Gasteiger partial charge in [0.15, 0.2) is 0 Å². The Balaban J connectivity index is 1.91. The molecule has 4 rings (SSSR count). The Morgan fingerprint density at radius 2 is 1.82 bits per heavy atom. The molecule has 2 heterocycles. The van der Waals surface area contributed by atoms with Crippen molar-refractivity contribution in [1.29, 1.82) is 0 Å². The fourth-order valence-electron chi connectivity index (χ4n) is 3.81. The smallest absolute Gasteiger partial charge is 0.269 e. The second kappa shape index (κ2) is 8.61. The average molecular weight is 511 g/mol. The number of hydrogen-bond acceptors (Lipinski definition) is 6. The summed E-state index contributed by atoms with van der Waals surface area (Å²) in [5.41, 5.74) is 1.42. The van der Waals surface area contributed by atoms with E-state index in [4.69, 9.17) is 0 Å². The third-order valence-corrected chi connectivity index (χ3v) is 7.44. The topological polar surface area (TPSA) is 133 Å². The summed E-state index contributed by atoms with van der Waals surface area (Å²) in [5, 5.41) is 2.86. The number of thiophene rings is 1. The fourth-order valence-corrected chi connectivity index (χ4v) is 5.72. The van der Waals surface area contributed by atoms with E-state index < -0.39 is 31.7 Å². The van der Waals surface area contributed by atoms with E-state index in [9.17, 15) is 30.6 Å². The van der Waals surface area contributed by atoms with Gasteiger partial charge in [-0.3, -0.25) is 9.35 Å². The van der Waals surface area contributed by atoms with E-state index >= 15 is 0 Å². The van der Waals surface area contributed by atoms with Crippen LogP contribution < -0.4 is 10.3 Å². The molecule has 0 saturated carbocycles. The standard InChI is InChI=1S/C21H19FN2O6S3/c1-32(26,27)23-8-6-12-2-3-13(10-16(12)22)18-14(11-33(28,29)30)4-5-17-19(18)15-7-9-31-20(15)21(25)24-17/h2-5,7,9-10,23H,6,8,11H2,1H3,(H,24,25)(H,28,29,30). The van der Waals surface area contributed by atoms with E-state index in [1.165, 1.54) is 29.5 Å². The molecule has 0 bridgehead atoms. The minimum atomic E-state index is -4.40. The molecule has 2 aromatic heterocycles. The molecule has 174 valence electrons. The molecule has 0 aliphatic heterocycles. The summed E-state index contributed by atoms with van der Waals surface area (Å²) in [5.74, 6) is -1.28. The first-order chi connectivity index (χ1) is 15.4. The molecule has 8 nitrogen and oxygen atoms in total. The number of benzene rings is 2. The lowest BCUT2D eigenvalue weighted by Crippen LogP contribution is -2.24. The van der Waals surface area contributed by atoms with Gasteiger partial charge in [0.2, 0.25) is 10.0 Å². The van der Waals surface area contributed by atoms with E-state index in [0.717, 1.165) is 6.26 Å². The number of aromatic nitrogens is 1. The Labute approximate surface area is 192 Å². The average Bonchev–Trinajstić information content (AvgIpc) is 3.18. The third-order valence-electron chi connectivity index (χ3n) is 5.12. The Kier molecular flexibility index (Phi) is 6.14. The molecular formula is C21H19FN2O6S3. The van der Waals surface area contributed by atoms with Gasteiger partial charge in [0.1, 0.15) is 16.3 Å². The highest BCUT2D eigenvalue weighted by atomic mass is 32.2. The van der Waals surface area contributed by atoms with Crippen molar-refractivity contribution >= 4 is 52.5 Å². The van der Waals surface area contributed by atoms with Gasteiger partial charge in [-0.2, -0.15) is 8.42 Å². The number of halogens is 1. The van der Waals surface area contributed by atoms with Gasteiger partial charge >= 0.3 is 0 Å². The quantitative estimate of drug-likeness (QED) is 0.327. The van der Waals surface area contributed by atoms with Crippen molar-refractivity contribution in [3.8, 4) is 11.1 Å². The van der Waals surface area contributed by atoms with Gasteiger partial charge in [0.05, 0.1) is 6.26 Å². The normalized spacial score (nSPS) is 12.6. The van der Waals surface area contributed by atoms with Crippen LogP contribution in [0.25, 0.3) is 32.1 Å². The fraction of sp³-hybridized carbons (Fsp3) is 0.190. The largest absolute Gasteiger partial charge is 0.321 e. The van der Waals surface area contributed by atoms with E-state index in [1.807, 2.05) is 0 Å². The van der Waals surface area contributed by atoms with E-state index in [2.05, 4.69) is 9.71 Å². The van der Waals surface area contributed by atoms with E-state index in [-0.39, 0.29) is 29.7 Å². The maximum absolute atomic E-state index is 14.9. The molecule has 3 N–H and O–H groups in total. The van der Waals surface area contributed by atoms with Gasteiger partial charge in [0, 0.05) is 22.8 Å². The van der Waals surface area contributed by atoms with Gasteiger partial charge in [-0.05, 0) is 52.3 Å². The van der Waals surface area contributed by atoms with Crippen LogP contribution >= 0.6 is 11.3 Å². The van der Waals surface area contributed by atoms with Gasteiger partial charge in [-0.25, -0.2) is 17.5 Å². The Hall–Kier alpha value is -2.64. The molecule has 33 heavy (non-hydrogen) atoms. The summed E-state index contributed by atoms with van der Waals surface area (Å²) in [7, 11) is -7.80. The van der Waals surface area contributed by atoms with Crippen molar-refractivity contribution in [1.82, 2.24) is 9.71 Å². The zero-order valence-corrected chi connectivity index (χ0v) is 19.7. The molecule has 0 spiro atoms. The van der Waals surface area contributed by atoms with Crippen molar-refractivity contribution in [2.75, 3.05) is 12.8 Å². The predicted molar refractivity (Wildman–Crippen MR) is 127 cm³/mol. The monoisotopic (exact) mass is 510 g/mol. The first kappa shape index (κ1) is 23.5. The number of nitrogens with one attached hydrogen (secondary N) is 2. The van der Waals surface area contributed by atoms with Crippen LogP contribution in [0.15, 0.2) is 46.6 Å². The molecule has 2 aromatic carbocycles. The summed E-state index contributed by atoms with van der Waals surface area (Å²) in [6, 6.07) is 9.10. The van der Waals surface area contributed by atoms with Gasteiger partial charge in [-0.15, -0.1) is 11.3 Å². The minimum absolute atomic E-state index is 0.0220. The van der Waals surface area contributed by atoms with Crippen LogP contribution in [0, 0.1) is 5.82 Å². The van der Waals surface area contributed by atoms with E-state index in [0.29, 0.717) is 32.1 Å². The lowest BCUT2D eigenvalue weighted by molar-refractivity contribution is 0.482. The summed E-state index contributed by atoms with van der Waals surface area (Å²) in [4.78, 5) is 15.2. The molecule has 0 atom stereocenters. The molecule has 0 radical (unpaired) electrons. The second-order valence-corrected chi connectivity index (χ2v) is 11.8. The second-order valence-electron chi connectivity index (χ2n) is 7.59. The van der Waals surface area contributed by atoms with Crippen LogP contribution in [0.2, 0.25) is 0 Å². The molecule has 0 aliphatic rings. The summed E-state index contributed by atoms with van der Waals surface area (Å²) in [6.45, 7) is 0.0220. The first-order valence-corrected chi connectivity index (χ1v) is 14.0. The molecule has 0 aliphatic carbocycles. The van der Waals surface area contributed by atoms with Gasteiger partial charge in [0.25, 0.3) is 15.7 Å². The molecule has 0 unspecified atom stereocenters. The molecule has 0 fully saturated rings. The summed E-state index contributed by atoms with van der Waals surface area (Å²) in [6.07, 6.45) is 1.13. The maximum atomic E-state index is 14.9. The van der Waals surface area contributed by atoms with Gasteiger partial charge in [-0.1, -0.05) is 18.2 Å². The Morgan fingerprint density at radius 1 is 1.09 bits per heavy atom. The Morgan fingerprint density at radius 3 is 2.48 bits per heavy atom. The minimum Gasteiger partial charge on any atom is -0.321 e.